The highest BCUT2D eigenvalue weighted by Gasteiger charge is 2.27. The molecule has 19 heavy (non-hydrogen) atoms. The zero-order chi connectivity index (χ0) is 14.0. The van der Waals surface area contributed by atoms with Crippen molar-refractivity contribution in [3.8, 4) is 0 Å². The minimum Gasteiger partial charge on any atom is -0.333 e. The summed E-state index contributed by atoms with van der Waals surface area (Å²) in [6.07, 6.45) is 4.55. The molecule has 0 aromatic carbocycles. The maximum Gasteiger partial charge on any atom is 0.293 e. The van der Waals surface area contributed by atoms with E-state index in [-0.39, 0.29) is 17.4 Å². The number of nitrogens with one attached hydrogen (secondary N) is 1. The van der Waals surface area contributed by atoms with Gasteiger partial charge >= 0.3 is 0 Å². The summed E-state index contributed by atoms with van der Waals surface area (Å²) < 4.78 is 0. The van der Waals surface area contributed by atoms with Crippen LogP contribution >= 0.6 is 0 Å². The average Bonchev–Trinajstić information content (AvgIpc) is 2.73. The van der Waals surface area contributed by atoms with Crippen molar-refractivity contribution in [3.63, 3.8) is 0 Å². The molecule has 1 amide bonds. The van der Waals surface area contributed by atoms with Crippen LogP contribution in [0.3, 0.4) is 0 Å². The molecule has 1 unspecified atom stereocenters. The fraction of sp³-hybridized carbons (Fsp3) is 0.786. The first-order chi connectivity index (χ1) is 8.89. The lowest BCUT2D eigenvalue weighted by Crippen LogP contribution is -2.38. The Labute approximate surface area is 114 Å². The molecule has 0 saturated carbocycles. The number of hydrogen-bond acceptors (Lipinski definition) is 3. The third-order valence-corrected chi connectivity index (χ3v) is 3.70. The summed E-state index contributed by atoms with van der Waals surface area (Å²) in [6.45, 7) is 9.09. The molecular weight excluding hydrogens is 240 g/mol. The first-order valence-electron chi connectivity index (χ1n) is 7.13. The van der Waals surface area contributed by atoms with E-state index >= 15 is 0 Å². The molecule has 1 N–H and O–H groups in total. The summed E-state index contributed by atoms with van der Waals surface area (Å²) in [5, 5.41) is 6.98. The van der Waals surface area contributed by atoms with Gasteiger partial charge in [0, 0.05) is 18.0 Å². The van der Waals surface area contributed by atoms with Crippen LogP contribution in [0, 0.1) is 0 Å². The van der Waals surface area contributed by atoms with E-state index in [4.69, 9.17) is 0 Å². The van der Waals surface area contributed by atoms with Gasteiger partial charge in [-0.25, -0.2) is 4.98 Å². The molecule has 0 radical (unpaired) electrons. The minimum atomic E-state index is -0.115. The summed E-state index contributed by atoms with van der Waals surface area (Å²) in [4.78, 5) is 18.8. The standard InChI is InChI=1S/C14H24N4O/c1-10-8-6-5-7-9-18(10)12(19)11-15-13(17-16-11)14(2,3)4/h10H,5-9H2,1-4H3,(H,15,16,17). The van der Waals surface area contributed by atoms with Crippen LogP contribution in [0.25, 0.3) is 0 Å². The molecule has 1 aromatic heterocycles. The maximum absolute atomic E-state index is 12.5. The second kappa shape index (κ2) is 5.31. The number of hydrogen-bond donors (Lipinski definition) is 1. The highest BCUT2D eigenvalue weighted by Crippen LogP contribution is 2.20. The molecule has 106 valence electrons. The normalized spacial score (nSPS) is 21.3. The van der Waals surface area contributed by atoms with Crippen molar-refractivity contribution in [1.82, 2.24) is 20.1 Å². The van der Waals surface area contributed by atoms with Crippen molar-refractivity contribution in [2.24, 2.45) is 0 Å². The van der Waals surface area contributed by atoms with Gasteiger partial charge in [0.15, 0.2) is 0 Å². The van der Waals surface area contributed by atoms with Gasteiger partial charge in [-0.1, -0.05) is 33.6 Å². The number of carbonyl (C=O) groups excluding carboxylic acids is 1. The van der Waals surface area contributed by atoms with Gasteiger partial charge in [-0.2, -0.15) is 0 Å². The van der Waals surface area contributed by atoms with E-state index in [0.29, 0.717) is 5.82 Å². The smallest absolute Gasteiger partial charge is 0.293 e. The highest BCUT2D eigenvalue weighted by molar-refractivity contribution is 5.90. The van der Waals surface area contributed by atoms with E-state index in [9.17, 15) is 4.79 Å². The second-order valence-corrected chi connectivity index (χ2v) is 6.45. The lowest BCUT2D eigenvalue weighted by atomic mass is 9.96. The molecule has 5 heteroatoms. The molecule has 1 saturated heterocycles. The minimum absolute atomic E-state index is 0.0406. The van der Waals surface area contributed by atoms with E-state index in [1.807, 2.05) is 4.90 Å². The average molecular weight is 264 g/mol. The van der Waals surface area contributed by atoms with Crippen molar-refractivity contribution in [3.05, 3.63) is 11.6 Å². The Morgan fingerprint density at radius 1 is 1.32 bits per heavy atom. The molecule has 1 aliphatic heterocycles. The molecule has 1 aliphatic rings. The van der Waals surface area contributed by atoms with Crippen LogP contribution < -0.4 is 0 Å². The lowest BCUT2D eigenvalue weighted by molar-refractivity contribution is 0.0685. The van der Waals surface area contributed by atoms with E-state index in [1.165, 1.54) is 12.8 Å². The van der Waals surface area contributed by atoms with Crippen LogP contribution in [0.15, 0.2) is 0 Å². The van der Waals surface area contributed by atoms with E-state index in [2.05, 4.69) is 42.9 Å². The number of aromatic nitrogens is 3. The van der Waals surface area contributed by atoms with E-state index < -0.39 is 0 Å². The number of likely N-dealkylation sites (tertiary alicyclic amines) is 1. The Morgan fingerprint density at radius 2 is 2.05 bits per heavy atom. The fourth-order valence-corrected chi connectivity index (χ4v) is 2.40. The van der Waals surface area contributed by atoms with E-state index in [1.54, 1.807) is 0 Å². The predicted molar refractivity (Wildman–Crippen MR) is 74.0 cm³/mol. The third-order valence-electron chi connectivity index (χ3n) is 3.70. The quantitative estimate of drug-likeness (QED) is 0.847. The Kier molecular flexibility index (Phi) is 3.92. The van der Waals surface area contributed by atoms with Crippen LogP contribution in [0.4, 0.5) is 0 Å². The molecule has 1 atom stereocenters. The monoisotopic (exact) mass is 264 g/mol. The number of carbonyl (C=O) groups is 1. The summed E-state index contributed by atoms with van der Waals surface area (Å²) in [5.74, 6) is 1.03. The number of aromatic amines is 1. The highest BCUT2D eigenvalue weighted by atomic mass is 16.2. The number of nitrogens with zero attached hydrogens (tertiary/aromatic N) is 3. The van der Waals surface area contributed by atoms with Crippen LogP contribution in [0.1, 0.15) is 69.8 Å². The van der Waals surface area contributed by atoms with Gasteiger partial charge in [0.1, 0.15) is 5.82 Å². The first kappa shape index (κ1) is 14.0. The van der Waals surface area contributed by atoms with Crippen LogP contribution in [0.5, 0.6) is 0 Å². The largest absolute Gasteiger partial charge is 0.333 e. The third kappa shape index (κ3) is 3.14. The summed E-state index contributed by atoms with van der Waals surface area (Å²) >= 11 is 0. The van der Waals surface area contributed by atoms with Crippen LogP contribution in [-0.2, 0) is 5.41 Å². The van der Waals surface area contributed by atoms with Crippen molar-refractivity contribution in [1.29, 1.82) is 0 Å². The molecule has 2 rings (SSSR count). The maximum atomic E-state index is 12.5. The Hall–Kier alpha value is -1.39. The van der Waals surface area contributed by atoms with Gasteiger partial charge in [0.2, 0.25) is 5.82 Å². The molecule has 0 bridgehead atoms. The van der Waals surface area contributed by atoms with E-state index in [0.717, 1.165) is 25.2 Å². The van der Waals surface area contributed by atoms with Crippen LogP contribution in [-0.4, -0.2) is 38.6 Å². The molecule has 5 nitrogen and oxygen atoms in total. The van der Waals surface area contributed by atoms with Gasteiger partial charge in [-0.05, 0) is 19.8 Å². The van der Waals surface area contributed by atoms with Crippen molar-refractivity contribution in [2.75, 3.05) is 6.54 Å². The molecule has 2 heterocycles. The number of rotatable bonds is 1. The van der Waals surface area contributed by atoms with Gasteiger partial charge in [0.05, 0.1) is 0 Å². The topological polar surface area (TPSA) is 61.9 Å². The molecule has 1 fully saturated rings. The number of H-pyrrole nitrogens is 1. The van der Waals surface area contributed by atoms with Gasteiger partial charge in [-0.15, -0.1) is 5.10 Å². The Bertz CT molecular complexity index is 447. The van der Waals surface area contributed by atoms with Crippen molar-refractivity contribution < 1.29 is 4.79 Å². The lowest BCUT2D eigenvalue weighted by Gasteiger charge is -2.25. The van der Waals surface area contributed by atoms with Gasteiger partial charge < -0.3 is 4.90 Å². The fourth-order valence-electron chi connectivity index (χ4n) is 2.40. The second-order valence-electron chi connectivity index (χ2n) is 6.45. The molecule has 0 aliphatic carbocycles. The first-order valence-corrected chi connectivity index (χ1v) is 7.13. The summed E-state index contributed by atoms with van der Waals surface area (Å²) in [5.41, 5.74) is -0.115. The SMILES string of the molecule is CC1CCCCCN1C(=O)c1n[nH]c(C(C)(C)C)n1. The number of amides is 1. The van der Waals surface area contributed by atoms with Crippen molar-refractivity contribution in [2.45, 2.75) is 64.8 Å². The Morgan fingerprint density at radius 3 is 2.68 bits per heavy atom. The zero-order valence-electron chi connectivity index (χ0n) is 12.4. The molecular formula is C14H24N4O. The van der Waals surface area contributed by atoms with Crippen LogP contribution in [0.2, 0.25) is 0 Å². The predicted octanol–water partition coefficient (Wildman–Crippen LogP) is 2.51. The Balaban J connectivity index is 2.16. The molecule has 0 spiro atoms. The molecule has 1 aromatic rings. The summed E-state index contributed by atoms with van der Waals surface area (Å²) in [6, 6.07) is 0.284. The van der Waals surface area contributed by atoms with Gasteiger partial charge in [-0.3, -0.25) is 9.89 Å². The zero-order valence-corrected chi connectivity index (χ0v) is 12.4. The summed E-state index contributed by atoms with van der Waals surface area (Å²) in [7, 11) is 0. The van der Waals surface area contributed by atoms with Gasteiger partial charge in [0.25, 0.3) is 5.91 Å². The van der Waals surface area contributed by atoms with Crippen molar-refractivity contribution >= 4 is 5.91 Å².